The van der Waals surface area contributed by atoms with E-state index in [2.05, 4.69) is 49.5 Å². The van der Waals surface area contributed by atoms with Crippen molar-refractivity contribution < 1.29 is 0 Å². The Morgan fingerprint density at radius 2 is 2.12 bits per heavy atom. The predicted molar refractivity (Wildman–Crippen MR) is 67.6 cm³/mol. The summed E-state index contributed by atoms with van der Waals surface area (Å²) in [6.45, 7) is 7.36. The largest absolute Gasteiger partial charge is 0.311 e. The lowest BCUT2D eigenvalue weighted by atomic mass is 10.1. The van der Waals surface area contributed by atoms with Gasteiger partial charge in [-0.2, -0.15) is 5.10 Å². The second-order valence-electron chi connectivity index (χ2n) is 4.85. The minimum absolute atomic E-state index is 0.492. The molecule has 0 spiro atoms. The van der Waals surface area contributed by atoms with Gasteiger partial charge in [0.25, 0.3) is 0 Å². The molecule has 0 fully saturated rings. The normalized spacial score (nSPS) is 11.7. The van der Waals surface area contributed by atoms with Crippen molar-refractivity contribution in [1.82, 2.24) is 20.0 Å². The second kappa shape index (κ2) is 6.01. The Hall–Kier alpha value is -0.870. The first-order valence-electron chi connectivity index (χ1n) is 5.88. The fourth-order valence-corrected chi connectivity index (χ4v) is 1.70. The van der Waals surface area contributed by atoms with Gasteiger partial charge in [-0.1, -0.05) is 13.8 Å². The minimum Gasteiger partial charge on any atom is -0.311 e. The zero-order valence-corrected chi connectivity index (χ0v) is 11.1. The molecule has 0 saturated heterocycles. The van der Waals surface area contributed by atoms with Crippen molar-refractivity contribution >= 4 is 0 Å². The monoisotopic (exact) mass is 224 g/mol. The Bertz CT molecular complexity index is 315. The maximum atomic E-state index is 4.49. The summed E-state index contributed by atoms with van der Waals surface area (Å²) in [5.41, 5.74) is 2.52. The molecule has 0 unspecified atom stereocenters. The quantitative estimate of drug-likeness (QED) is 0.737. The number of aryl methyl sites for hydroxylation is 1. The zero-order valence-electron chi connectivity index (χ0n) is 11.1. The fraction of sp³-hybridized carbons (Fsp3) is 0.750. The van der Waals surface area contributed by atoms with Crippen molar-refractivity contribution in [1.29, 1.82) is 0 Å². The first-order valence-corrected chi connectivity index (χ1v) is 5.88. The molecule has 0 aliphatic carbocycles. The standard InChI is InChI=1S/C12H24N4/c1-10(2)12-11(9-16(5)14-12)8-13-6-7-15(3)4/h9-10,13H,6-8H2,1-5H3. The van der Waals surface area contributed by atoms with Gasteiger partial charge in [0.15, 0.2) is 0 Å². The average molecular weight is 224 g/mol. The summed E-state index contributed by atoms with van der Waals surface area (Å²) in [6, 6.07) is 0. The summed E-state index contributed by atoms with van der Waals surface area (Å²) in [7, 11) is 6.16. The first-order chi connectivity index (χ1) is 7.50. The Kier molecular flexibility index (Phi) is 4.96. The molecule has 1 rings (SSSR count). The molecule has 1 aromatic heterocycles. The Morgan fingerprint density at radius 3 is 2.69 bits per heavy atom. The van der Waals surface area contributed by atoms with Crippen molar-refractivity contribution in [3.8, 4) is 0 Å². The molecule has 4 nitrogen and oxygen atoms in total. The third-order valence-electron chi connectivity index (χ3n) is 2.54. The molecule has 1 heterocycles. The molecule has 1 aromatic rings. The van der Waals surface area contributed by atoms with Crippen LogP contribution in [0.5, 0.6) is 0 Å². The van der Waals surface area contributed by atoms with Gasteiger partial charge in [0.2, 0.25) is 0 Å². The summed E-state index contributed by atoms with van der Waals surface area (Å²) in [6.07, 6.45) is 2.11. The van der Waals surface area contributed by atoms with Crippen LogP contribution in [0.3, 0.4) is 0 Å². The van der Waals surface area contributed by atoms with E-state index in [1.54, 1.807) is 0 Å². The summed E-state index contributed by atoms with van der Waals surface area (Å²) in [5.74, 6) is 0.492. The molecule has 4 heteroatoms. The van der Waals surface area contributed by atoms with Crippen LogP contribution in [0.1, 0.15) is 31.0 Å². The lowest BCUT2D eigenvalue weighted by molar-refractivity contribution is 0.399. The van der Waals surface area contributed by atoms with E-state index in [0.717, 1.165) is 19.6 Å². The SMILES string of the molecule is CC(C)c1nn(C)cc1CNCCN(C)C. The van der Waals surface area contributed by atoms with E-state index in [0.29, 0.717) is 5.92 Å². The molecule has 0 radical (unpaired) electrons. The summed E-state index contributed by atoms with van der Waals surface area (Å²) in [5, 5.41) is 7.94. The van der Waals surface area contributed by atoms with Crippen molar-refractivity contribution in [3.05, 3.63) is 17.5 Å². The van der Waals surface area contributed by atoms with E-state index in [4.69, 9.17) is 0 Å². The number of rotatable bonds is 6. The van der Waals surface area contributed by atoms with Gasteiger partial charge in [0.05, 0.1) is 5.69 Å². The summed E-state index contributed by atoms with van der Waals surface area (Å²) >= 11 is 0. The number of aromatic nitrogens is 2. The number of hydrogen-bond acceptors (Lipinski definition) is 3. The highest BCUT2D eigenvalue weighted by atomic mass is 15.3. The van der Waals surface area contributed by atoms with E-state index >= 15 is 0 Å². The molecule has 1 N–H and O–H groups in total. The summed E-state index contributed by atoms with van der Waals surface area (Å²) < 4.78 is 1.90. The predicted octanol–water partition coefficient (Wildman–Crippen LogP) is 1.19. The van der Waals surface area contributed by atoms with Crippen molar-refractivity contribution in [3.63, 3.8) is 0 Å². The molecule has 0 bridgehead atoms. The fourth-order valence-electron chi connectivity index (χ4n) is 1.70. The lowest BCUT2D eigenvalue weighted by Crippen LogP contribution is -2.26. The maximum absolute atomic E-state index is 4.49. The molecule has 0 aromatic carbocycles. The van der Waals surface area contributed by atoms with Crippen LogP contribution in [0.2, 0.25) is 0 Å². The van der Waals surface area contributed by atoms with Crippen LogP contribution in [0.4, 0.5) is 0 Å². The number of hydrogen-bond donors (Lipinski definition) is 1. The van der Waals surface area contributed by atoms with Gasteiger partial charge in [-0.05, 0) is 20.0 Å². The second-order valence-corrected chi connectivity index (χ2v) is 4.85. The summed E-state index contributed by atoms with van der Waals surface area (Å²) in [4.78, 5) is 2.18. The Morgan fingerprint density at radius 1 is 1.44 bits per heavy atom. The van der Waals surface area contributed by atoms with Gasteiger partial charge in [-0.25, -0.2) is 0 Å². The van der Waals surface area contributed by atoms with Crippen molar-refractivity contribution in [2.75, 3.05) is 27.2 Å². The van der Waals surface area contributed by atoms with Crippen LogP contribution >= 0.6 is 0 Å². The average Bonchev–Trinajstić information content (AvgIpc) is 2.54. The topological polar surface area (TPSA) is 33.1 Å². The first kappa shape index (κ1) is 13.2. The zero-order chi connectivity index (χ0) is 12.1. The minimum atomic E-state index is 0.492. The van der Waals surface area contributed by atoms with Gasteiger partial charge in [-0.15, -0.1) is 0 Å². The van der Waals surface area contributed by atoms with E-state index < -0.39 is 0 Å². The Labute approximate surface area is 98.6 Å². The van der Waals surface area contributed by atoms with Gasteiger partial charge >= 0.3 is 0 Å². The smallest absolute Gasteiger partial charge is 0.0694 e. The highest BCUT2D eigenvalue weighted by molar-refractivity contribution is 5.19. The molecular formula is C12H24N4. The third-order valence-corrected chi connectivity index (χ3v) is 2.54. The molecular weight excluding hydrogens is 200 g/mol. The molecule has 0 aliphatic rings. The molecule has 0 aliphatic heterocycles. The highest BCUT2D eigenvalue weighted by Crippen LogP contribution is 2.16. The van der Waals surface area contributed by atoms with E-state index in [-0.39, 0.29) is 0 Å². The number of nitrogens with zero attached hydrogens (tertiary/aromatic N) is 3. The van der Waals surface area contributed by atoms with E-state index in [1.165, 1.54) is 11.3 Å². The maximum Gasteiger partial charge on any atom is 0.0694 e. The molecule has 92 valence electrons. The lowest BCUT2D eigenvalue weighted by Gasteiger charge is -2.10. The van der Waals surface area contributed by atoms with Crippen molar-refractivity contribution in [2.45, 2.75) is 26.3 Å². The van der Waals surface area contributed by atoms with Gasteiger partial charge in [-0.3, -0.25) is 4.68 Å². The number of likely N-dealkylation sites (N-methyl/N-ethyl adjacent to an activating group) is 1. The van der Waals surface area contributed by atoms with Gasteiger partial charge < -0.3 is 10.2 Å². The molecule has 16 heavy (non-hydrogen) atoms. The van der Waals surface area contributed by atoms with Crippen LogP contribution < -0.4 is 5.32 Å². The van der Waals surface area contributed by atoms with Crippen LogP contribution in [-0.4, -0.2) is 41.9 Å². The van der Waals surface area contributed by atoms with E-state index in [1.807, 2.05) is 11.7 Å². The Balaban J connectivity index is 2.46. The van der Waals surface area contributed by atoms with E-state index in [9.17, 15) is 0 Å². The van der Waals surface area contributed by atoms with Crippen LogP contribution in [0.25, 0.3) is 0 Å². The number of nitrogens with one attached hydrogen (secondary N) is 1. The third kappa shape index (κ3) is 3.94. The van der Waals surface area contributed by atoms with Gasteiger partial charge in [0.1, 0.15) is 0 Å². The van der Waals surface area contributed by atoms with Crippen LogP contribution in [0.15, 0.2) is 6.20 Å². The molecule has 0 amide bonds. The van der Waals surface area contributed by atoms with Crippen molar-refractivity contribution in [2.24, 2.45) is 7.05 Å². The van der Waals surface area contributed by atoms with Crippen LogP contribution in [0, 0.1) is 0 Å². The highest BCUT2D eigenvalue weighted by Gasteiger charge is 2.10. The van der Waals surface area contributed by atoms with Gasteiger partial charge in [0, 0.05) is 38.4 Å². The van der Waals surface area contributed by atoms with Crippen LogP contribution in [-0.2, 0) is 13.6 Å². The molecule has 0 atom stereocenters. The molecule has 0 saturated carbocycles.